The lowest BCUT2D eigenvalue weighted by molar-refractivity contribution is -0.607. The molecule has 0 bridgehead atoms. The molecule has 2 N–H and O–H groups in total. The average Bonchev–Trinajstić information content (AvgIpc) is 3.14. The fourth-order valence-electron chi connectivity index (χ4n) is 2.68. The zero-order chi connectivity index (χ0) is 17.6. The molecule has 1 atom stereocenters. The molecule has 2 heterocycles. The maximum Gasteiger partial charge on any atom is 0.338 e. The van der Waals surface area contributed by atoms with Gasteiger partial charge in [-0.2, -0.15) is 4.73 Å². The number of aromatic nitrogens is 1. The molecule has 1 fully saturated rings. The molecule has 1 aromatic carbocycles. The topological polar surface area (TPSA) is 94.4 Å². The largest absolute Gasteiger partial charge is 0.618 e. The molecule has 1 aliphatic rings. The molecule has 1 aromatic heterocycles. The Hall–Kier alpha value is -2.93. The Morgan fingerprint density at radius 3 is 2.92 bits per heavy atom. The molecular weight excluding hydrogens is 322 g/mol. The van der Waals surface area contributed by atoms with Gasteiger partial charge in [0.05, 0.1) is 5.56 Å². The Morgan fingerprint density at radius 1 is 1.28 bits per heavy atom. The molecule has 3 rings (SSSR count). The van der Waals surface area contributed by atoms with Crippen molar-refractivity contribution in [3.63, 3.8) is 0 Å². The van der Waals surface area contributed by atoms with Gasteiger partial charge in [0.25, 0.3) is 5.69 Å². The predicted molar refractivity (Wildman–Crippen MR) is 91.1 cm³/mol. The van der Waals surface area contributed by atoms with Crippen molar-refractivity contribution in [2.24, 2.45) is 0 Å². The number of esters is 1. The molecule has 25 heavy (non-hydrogen) atoms. The third kappa shape index (κ3) is 4.33. The van der Waals surface area contributed by atoms with Gasteiger partial charge in [-0.1, -0.05) is 6.07 Å². The lowest BCUT2D eigenvalue weighted by Crippen LogP contribution is -2.36. The first-order chi connectivity index (χ1) is 12.1. The lowest BCUT2D eigenvalue weighted by Gasteiger charge is -2.11. The summed E-state index contributed by atoms with van der Waals surface area (Å²) in [5.74, 6) is -0.986. The number of pyridine rings is 1. The van der Waals surface area contributed by atoms with Gasteiger partial charge in [-0.25, -0.2) is 4.79 Å². The molecule has 0 radical (unpaired) electrons. The number of anilines is 1. The van der Waals surface area contributed by atoms with Crippen molar-refractivity contribution in [2.45, 2.75) is 18.9 Å². The summed E-state index contributed by atoms with van der Waals surface area (Å²) in [5, 5.41) is 17.5. The summed E-state index contributed by atoms with van der Waals surface area (Å²) in [4.78, 5) is 24.3. The second-order valence-corrected chi connectivity index (χ2v) is 5.84. The van der Waals surface area contributed by atoms with Crippen molar-refractivity contribution >= 4 is 17.6 Å². The zero-order valence-corrected chi connectivity index (χ0v) is 13.6. The molecule has 7 nitrogen and oxygen atoms in total. The Morgan fingerprint density at radius 2 is 2.16 bits per heavy atom. The Bertz CT molecular complexity index is 772. The van der Waals surface area contributed by atoms with Crippen molar-refractivity contribution in [2.75, 3.05) is 18.5 Å². The summed E-state index contributed by atoms with van der Waals surface area (Å²) in [7, 11) is 0. The first-order valence-electron chi connectivity index (χ1n) is 8.13. The van der Waals surface area contributed by atoms with Gasteiger partial charge in [-0.05, 0) is 43.7 Å². The fraction of sp³-hybridized carbons (Fsp3) is 0.278. The van der Waals surface area contributed by atoms with Gasteiger partial charge < -0.3 is 20.6 Å². The second kappa shape index (κ2) is 7.76. The SMILES string of the molecule is O=C(OC[C@H]1CCCN1)c1cccc(NC(=O)c2cccc[n+]2[O-])c1. The number of nitrogens with one attached hydrogen (secondary N) is 2. The second-order valence-electron chi connectivity index (χ2n) is 5.84. The van der Waals surface area contributed by atoms with Gasteiger partial charge in [0, 0.05) is 23.9 Å². The van der Waals surface area contributed by atoms with Gasteiger partial charge in [-0.15, -0.1) is 0 Å². The monoisotopic (exact) mass is 341 g/mol. The highest BCUT2D eigenvalue weighted by atomic mass is 16.5. The van der Waals surface area contributed by atoms with E-state index in [0.717, 1.165) is 19.4 Å². The maximum absolute atomic E-state index is 12.2. The van der Waals surface area contributed by atoms with Crippen LogP contribution in [0, 0.1) is 5.21 Å². The third-order valence-electron chi connectivity index (χ3n) is 3.99. The molecule has 0 aliphatic carbocycles. The van der Waals surface area contributed by atoms with Crippen LogP contribution in [0.1, 0.15) is 33.7 Å². The molecule has 0 unspecified atom stereocenters. The standard InChI is InChI=1S/C18H19N3O4/c22-17(16-8-1-2-10-21(16)24)20-14-6-3-5-13(11-14)18(23)25-12-15-7-4-9-19-15/h1-3,5-6,8,10-11,15,19H,4,7,9,12H2,(H,20,22)/t15-/m1/s1. The molecule has 7 heteroatoms. The molecule has 2 aromatic rings. The van der Waals surface area contributed by atoms with Crippen LogP contribution >= 0.6 is 0 Å². The minimum absolute atomic E-state index is 0.0252. The van der Waals surface area contributed by atoms with Crippen LogP contribution in [-0.4, -0.2) is 31.1 Å². The van der Waals surface area contributed by atoms with Crippen LogP contribution in [0.15, 0.2) is 48.7 Å². The van der Waals surface area contributed by atoms with Gasteiger partial charge >= 0.3 is 11.9 Å². The van der Waals surface area contributed by atoms with E-state index in [4.69, 9.17) is 4.74 Å². The summed E-state index contributed by atoms with van der Waals surface area (Å²) in [6, 6.07) is 11.2. The van der Waals surface area contributed by atoms with E-state index >= 15 is 0 Å². The minimum Gasteiger partial charge on any atom is -0.618 e. The molecule has 130 valence electrons. The number of ether oxygens (including phenoxy) is 1. The van der Waals surface area contributed by atoms with E-state index in [1.807, 2.05) is 0 Å². The quantitative estimate of drug-likeness (QED) is 0.488. The fourth-order valence-corrected chi connectivity index (χ4v) is 2.68. The molecule has 1 amide bonds. The first kappa shape index (κ1) is 16.9. The predicted octanol–water partition coefficient (Wildman–Crippen LogP) is 1.48. The number of carbonyl (C=O) groups excluding carboxylic acids is 2. The highest BCUT2D eigenvalue weighted by molar-refractivity contribution is 6.02. The number of rotatable bonds is 5. The van der Waals surface area contributed by atoms with E-state index in [2.05, 4.69) is 10.6 Å². The van der Waals surface area contributed by atoms with Crippen molar-refractivity contribution in [3.8, 4) is 0 Å². The smallest absolute Gasteiger partial charge is 0.338 e. The Labute approximate surface area is 145 Å². The van der Waals surface area contributed by atoms with Gasteiger partial charge in [0.2, 0.25) is 0 Å². The van der Waals surface area contributed by atoms with Crippen LogP contribution < -0.4 is 15.4 Å². The van der Waals surface area contributed by atoms with Crippen LogP contribution in [0.5, 0.6) is 0 Å². The highest BCUT2D eigenvalue weighted by Crippen LogP contribution is 2.13. The first-order valence-corrected chi connectivity index (χ1v) is 8.13. The van der Waals surface area contributed by atoms with Gasteiger partial charge in [0.15, 0.2) is 6.20 Å². The molecule has 0 saturated carbocycles. The molecule has 1 aliphatic heterocycles. The number of benzene rings is 1. The summed E-state index contributed by atoms with van der Waals surface area (Å²) in [6.45, 7) is 1.28. The van der Waals surface area contributed by atoms with Crippen molar-refractivity contribution in [1.29, 1.82) is 0 Å². The molecule has 0 spiro atoms. The lowest BCUT2D eigenvalue weighted by atomic mass is 10.2. The molecule has 1 saturated heterocycles. The Balaban J connectivity index is 1.63. The summed E-state index contributed by atoms with van der Waals surface area (Å²) < 4.78 is 5.80. The van der Waals surface area contributed by atoms with E-state index in [9.17, 15) is 14.8 Å². The van der Waals surface area contributed by atoms with Gasteiger partial charge in [-0.3, -0.25) is 4.79 Å². The Kier molecular flexibility index (Phi) is 5.25. The van der Waals surface area contributed by atoms with Crippen LogP contribution in [0.25, 0.3) is 0 Å². The number of nitrogens with zero attached hydrogens (tertiary/aromatic N) is 1. The van der Waals surface area contributed by atoms with E-state index < -0.39 is 11.9 Å². The van der Waals surface area contributed by atoms with E-state index in [-0.39, 0.29) is 11.7 Å². The van der Waals surface area contributed by atoms with Crippen LogP contribution in [0.3, 0.4) is 0 Å². The third-order valence-corrected chi connectivity index (χ3v) is 3.99. The van der Waals surface area contributed by atoms with Crippen molar-refractivity contribution < 1.29 is 19.1 Å². The van der Waals surface area contributed by atoms with E-state index in [0.29, 0.717) is 22.6 Å². The highest BCUT2D eigenvalue weighted by Gasteiger charge is 2.18. The van der Waals surface area contributed by atoms with Crippen LogP contribution in [-0.2, 0) is 4.74 Å². The summed E-state index contributed by atoms with van der Waals surface area (Å²) >= 11 is 0. The van der Waals surface area contributed by atoms with Crippen molar-refractivity contribution in [1.82, 2.24) is 5.32 Å². The number of hydrogen-bond acceptors (Lipinski definition) is 5. The van der Waals surface area contributed by atoms with E-state index in [1.165, 1.54) is 18.3 Å². The van der Waals surface area contributed by atoms with E-state index in [1.54, 1.807) is 30.3 Å². The number of amides is 1. The van der Waals surface area contributed by atoms with Crippen LogP contribution in [0.4, 0.5) is 5.69 Å². The molecular formula is C18H19N3O4. The summed E-state index contributed by atoms with van der Waals surface area (Å²) in [6.07, 6.45) is 3.33. The minimum atomic E-state index is -0.545. The maximum atomic E-state index is 12.2. The normalized spacial score (nSPS) is 16.4. The summed E-state index contributed by atoms with van der Waals surface area (Å²) in [5.41, 5.74) is 0.740. The average molecular weight is 341 g/mol. The number of carbonyl (C=O) groups is 2. The van der Waals surface area contributed by atoms with Crippen LogP contribution in [0.2, 0.25) is 0 Å². The zero-order valence-electron chi connectivity index (χ0n) is 13.6. The van der Waals surface area contributed by atoms with Gasteiger partial charge in [0.1, 0.15) is 6.61 Å². The van der Waals surface area contributed by atoms with Crippen molar-refractivity contribution in [3.05, 3.63) is 65.1 Å². The number of hydrogen-bond donors (Lipinski definition) is 2.